The highest BCUT2D eigenvalue weighted by Gasteiger charge is 2.15. The lowest BCUT2D eigenvalue weighted by Gasteiger charge is -2.21. The van der Waals surface area contributed by atoms with Gasteiger partial charge >= 0.3 is 0 Å². The third-order valence-corrected chi connectivity index (χ3v) is 3.76. The van der Waals surface area contributed by atoms with Crippen molar-refractivity contribution in [3.8, 4) is 0 Å². The number of carbonyl (C=O) groups excluding carboxylic acids is 2. The van der Waals surface area contributed by atoms with Crippen molar-refractivity contribution in [1.82, 2.24) is 0 Å². The van der Waals surface area contributed by atoms with Gasteiger partial charge in [-0.2, -0.15) is 0 Å². The number of carbonyl (C=O) groups is 2. The Morgan fingerprint density at radius 1 is 1.17 bits per heavy atom. The van der Waals surface area contributed by atoms with Crippen LogP contribution in [0, 0.1) is 11.6 Å². The Bertz CT molecular complexity index is 768. The molecular weight excluding hydrogens is 382 g/mol. The molecule has 0 spiro atoms. The van der Waals surface area contributed by atoms with Crippen molar-refractivity contribution in [2.75, 3.05) is 16.8 Å². The smallest absolute Gasteiger partial charge is 0.226 e. The number of amides is 2. The van der Waals surface area contributed by atoms with E-state index in [9.17, 15) is 18.4 Å². The summed E-state index contributed by atoms with van der Waals surface area (Å²) in [7, 11) is 0. The standard InChI is InChI=1S/C17H15BrF2N2O2/c1-11(23)22(14-4-2-3-12(18)9-14)8-7-17(24)21-16-6-5-13(19)10-15(16)20/h2-6,9-10H,7-8H2,1H3,(H,21,24). The molecule has 0 saturated carbocycles. The van der Waals surface area contributed by atoms with E-state index in [4.69, 9.17) is 0 Å². The van der Waals surface area contributed by atoms with Crippen LogP contribution in [-0.4, -0.2) is 18.4 Å². The Kier molecular flexibility index (Phi) is 6.03. The summed E-state index contributed by atoms with van der Waals surface area (Å²) in [6, 6.07) is 10.0. The predicted octanol–water partition coefficient (Wildman–Crippen LogP) is 4.11. The van der Waals surface area contributed by atoms with Gasteiger partial charge < -0.3 is 10.2 Å². The number of nitrogens with one attached hydrogen (secondary N) is 1. The second-order valence-corrected chi connectivity index (χ2v) is 5.99. The molecule has 0 aliphatic heterocycles. The number of hydrogen-bond acceptors (Lipinski definition) is 2. The molecule has 7 heteroatoms. The summed E-state index contributed by atoms with van der Waals surface area (Å²) < 4.78 is 27.2. The van der Waals surface area contributed by atoms with Crippen molar-refractivity contribution in [1.29, 1.82) is 0 Å². The number of benzene rings is 2. The van der Waals surface area contributed by atoms with E-state index in [0.29, 0.717) is 11.8 Å². The van der Waals surface area contributed by atoms with Crippen LogP contribution in [0.4, 0.5) is 20.2 Å². The summed E-state index contributed by atoms with van der Waals surface area (Å²) in [6.45, 7) is 1.54. The highest BCUT2D eigenvalue weighted by molar-refractivity contribution is 9.10. The molecule has 2 aromatic carbocycles. The highest BCUT2D eigenvalue weighted by Crippen LogP contribution is 2.21. The van der Waals surface area contributed by atoms with E-state index >= 15 is 0 Å². The minimum Gasteiger partial charge on any atom is -0.324 e. The molecular formula is C17H15BrF2N2O2. The minimum absolute atomic E-state index is 0.0249. The number of anilines is 2. The Labute approximate surface area is 146 Å². The molecule has 24 heavy (non-hydrogen) atoms. The first-order valence-electron chi connectivity index (χ1n) is 7.15. The fraction of sp³-hybridized carbons (Fsp3) is 0.176. The highest BCUT2D eigenvalue weighted by atomic mass is 79.9. The maximum absolute atomic E-state index is 13.5. The SMILES string of the molecule is CC(=O)N(CCC(=O)Nc1ccc(F)cc1F)c1cccc(Br)c1. The maximum atomic E-state index is 13.5. The van der Waals surface area contributed by atoms with Crippen molar-refractivity contribution in [2.45, 2.75) is 13.3 Å². The third-order valence-electron chi connectivity index (χ3n) is 3.27. The van der Waals surface area contributed by atoms with Crippen LogP contribution in [0.1, 0.15) is 13.3 Å². The Balaban J connectivity index is 2.01. The molecule has 0 unspecified atom stereocenters. The molecule has 126 valence electrons. The molecule has 1 N–H and O–H groups in total. The summed E-state index contributed by atoms with van der Waals surface area (Å²) in [5.41, 5.74) is 0.552. The third kappa shape index (κ3) is 4.86. The van der Waals surface area contributed by atoms with Crippen LogP contribution in [0.15, 0.2) is 46.9 Å². The van der Waals surface area contributed by atoms with Crippen molar-refractivity contribution < 1.29 is 18.4 Å². The topological polar surface area (TPSA) is 49.4 Å². The molecule has 0 atom stereocenters. The van der Waals surface area contributed by atoms with Crippen molar-refractivity contribution in [2.24, 2.45) is 0 Å². The second kappa shape index (κ2) is 8.01. The van der Waals surface area contributed by atoms with Gasteiger partial charge in [0, 0.05) is 36.1 Å². The molecule has 0 aliphatic rings. The van der Waals surface area contributed by atoms with E-state index in [1.165, 1.54) is 11.8 Å². The average Bonchev–Trinajstić information content (AvgIpc) is 2.50. The molecule has 2 aromatic rings. The lowest BCUT2D eigenvalue weighted by atomic mass is 10.2. The van der Waals surface area contributed by atoms with Crippen molar-refractivity contribution >= 4 is 39.1 Å². The maximum Gasteiger partial charge on any atom is 0.226 e. The first-order chi connectivity index (χ1) is 11.4. The second-order valence-electron chi connectivity index (χ2n) is 5.07. The van der Waals surface area contributed by atoms with Gasteiger partial charge in [0.2, 0.25) is 11.8 Å². The molecule has 0 bridgehead atoms. The van der Waals surface area contributed by atoms with Crippen LogP contribution in [0.25, 0.3) is 0 Å². The fourth-order valence-electron chi connectivity index (χ4n) is 2.13. The fourth-order valence-corrected chi connectivity index (χ4v) is 2.52. The molecule has 0 aromatic heterocycles. The average molecular weight is 397 g/mol. The van der Waals surface area contributed by atoms with Gasteiger partial charge in [0.1, 0.15) is 11.6 Å². The zero-order valence-electron chi connectivity index (χ0n) is 12.9. The Morgan fingerprint density at radius 3 is 2.54 bits per heavy atom. The molecule has 0 saturated heterocycles. The van der Waals surface area contributed by atoms with Gasteiger partial charge in [0.05, 0.1) is 5.69 Å². The summed E-state index contributed by atoms with van der Waals surface area (Å²) in [4.78, 5) is 25.2. The van der Waals surface area contributed by atoms with Crippen LogP contribution < -0.4 is 10.2 Å². The summed E-state index contributed by atoms with van der Waals surface area (Å²) in [6.07, 6.45) is -0.0249. The van der Waals surface area contributed by atoms with Crippen LogP contribution in [0.5, 0.6) is 0 Å². The van der Waals surface area contributed by atoms with Crippen LogP contribution in [0.3, 0.4) is 0 Å². The molecule has 2 rings (SSSR count). The molecule has 4 nitrogen and oxygen atoms in total. The molecule has 0 radical (unpaired) electrons. The van der Waals surface area contributed by atoms with Gasteiger partial charge in [0.25, 0.3) is 0 Å². The number of halogens is 3. The quantitative estimate of drug-likeness (QED) is 0.826. The zero-order chi connectivity index (χ0) is 17.7. The first kappa shape index (κ1) is 18.1. The Hall–Kier alpha value is -2.28. The number of hydrogen-bond donors (Lipinski definition) is 1. The first-order valence-corrected chi connectivity index (χ1v) is 7.94. The summed E-state index contributed by atoms with van der Waals surface area (Å²) in [5, 5.41) is 2.37. The predicted molar refractivity (Wildman–Crippen MR) is 91.8 cm³/mol. The van der Waals surface area contributed by atoms with Gasteiger partial charge in [-0.1, -0.05) is 22.0 Å². The van der Waals surface area contributed by atoms with E-state index in [2.05, 4.69) is 21.2 Å². The van der Waals surface area contributed by atoms with Crippen LogP contribution in [-0.2, 0) is 9.59 Å². The van der Waals surface area contributed by atoms with E-state index in [1.807, 2.05) is 6.07 Å². The van der Waals surface area contributed by atoms with Crippen LogP contribution >= 0.6 is 15.9 Å². The lowest BCUT2D eigenvalue weighted by Crippen LogP contribution is -2.32. The van der Waals surface area contributed by atoms with Crippen molar-refractivity contribution in [3.05, 3.63) is 58.6 Å². The molecule has 0 fully saturated rings. The minimum atomic E-state index is -0.848. The van der Waals surface area contributed by atoms with Gasteiger partial charge in [-0.3, -0.25) is 9.59 Å². The Morgan fingerprint density at radius 2 is 1.92 bits per heavy atom. The molecule has 0 aliphatic carbocycles. The largest absolute Gasteiger partial charge is 0.324 e. The van der Waals surface area contributed by atoms with Crippen LogP contribution in [0.2, 0.25) is 0 Å². The summed E-state index contributed by atoms with van der Waals surface area (Å²) >= 11 is 3.33. The van der Waals surface area contributed by atoms with Gasteiger partial charge in [-0.05, 0) is 30.3 Å². The zero-order valence-corrected chi connectivity index (χ0v) is 14.4. The summed E-state index contributed by atoms with van der Waals surface area (Å²) in [5.74, 6) is -2.25. The van der Waals surface area contributed by atoms with Gasteiger partial charge in [0.15, 0.2) is 0 Å². The van der Waals surface area contributed by atoms with Gasteiger partial charge in [-0.15, -0.1) is 0 Å². The van der Waals surface area contributed by atoms with E-state index in [1.54, 1.807) is 18.2 Å². The number of rotatable bonds is 5. The van der Waals surface area contributed by atoms with E-state index < -0.39 is 17.5 Å². The number of nitrogens with zero attached hydrogens (tertiary/aromatic N) is 1. The monoisotopic (exact) mass is 396 g/mol. The lowest BCUT2D eigenvalue weighted by molar-refractivity contribution is -0.117. The normalized spacial score (nSPS) is 10.3. The van der Waals surface area contributed by atoms with Gasteiger partial charge in [-0.25, -0.2) is 8.78 Å². The van der Waals surface area contributed by atoms with Crippen molar-refractivity contribution in [3.63, 3.8) is 0 Å². The molecule has 2 amide bonds. The van der Waals surface area contributed by atoms with E-state index in [-0.39, 0.29) is 24.6 Å². The molecule has 0 heterocycles. The van der Waals surface area contributed by atoms with E-state index in [0.717, 1.165) is 16.6 Å².